The number of rotatable bonds is 5. The van der Waals surface area contributed by atoms with Crippen molar-refractivity contribution in [2.24, 2.45) is 0 Å². The lowest BCUT2D eigenvalue weighted by Crippen LogP contribution is -2.48. The summed E-state index contributed by atoms with van der Waals surface area (Å²) in [6.07, 6.45) is -0.107. The van der Waals surface area contributed by atoms with Crippen LogP contribution in [0.4, 0.5) is 11.4 Å². The molecule has 10 heteroatoms. The Morgan fingerprint density at radius 1 is 1.13 bits per heavy atom. The van der Waals surface area contributed by atoms with Gasteiger partial charge in [-0.15, -0.1) is 0 Å². The quantitative estimate of drug-likeness (QED) is 0.572. The van der Waals surface area contributed by atoms with Crippen molar-refractivity contribution in [1.82, 2.24) is 4.90 Å². The minimum atomic E-state index is -4.02. The molecule has 0 bridgehead atoms. The number of amides is 1. The summed E-state index contributed by atoms with van der Waals surface area (Å²) in [6.45, 7) is 6.33. The number of hydrogen-bond acceptors (Lipinski definition) is 6. The lowest BCUT2D eigenvalue weighted by molar-refractivity contribution is -0.385. The van der Waals surface area contributed by atoms with Crippen LogP contribution in [-0.4, -0.2) is 49.4 Å². The molecular weight excluding hydrogens is 410 g/mol. The van der Waals surface area contributed by atoms with Gasteiger partial charge in [-0.2, -0.15) is 0 Å². The van der Waals surface area contributed by atoms with Gasteiger partial charge in [-0.3, -0.25) is 19.6 Å². The van der Waals surface area contributed by atoms with Crippen LogP contribution < -0.4 is 4.72 Å². The molecule has 0 saturated carbocycles. The first kappa shape index (κ1) is 21.7. The maximum Gasteiger partial charge on any atom is 0.273 e. The molecule has 9 nitrogen and oxygen atoms in total. The van der Waals surface area contributed by atoms with E-state index >= 15 is 0 Å². The molecule has 0 aliphatic carbocycles. The zero-order valence-corrected chi connectivity index (χ0v) is 17.7. The summed E-state index contributed by atoms with van der Waals surface area (Å²) in [5.74, 6) is -0.152. The molecule has 2 atom stereocenters. The molecule has 2 aromatic rings. The van der Waals surface area contributed by atoms with E-state index in [4.69, 9.17) is 4.74 Å². The fourth-order valence-electron chi connectivity index (χ4n) is 3.37. The van der Waals surface area contributed by atoms with Gasteiger partial charge in [0.15, 0.2) is 0 Å². The standard InChI is InChI=1S/C20H23N3O6S/c1-13-4-9-18(10-19(13)23(25)26)30(27,28)21-17-7-5-16(6-8-17)20(24)22-11-14(2)29-15(3)12-22/h4-10,14-15,21H,11-12H2,1-3H3. The SMILES string of the molecule is Cc1ccc(S(=O)(=O)Nc2ccc(C(=O)N3CC(C)OC(C)C3)cc2)cc1[N+](=O)[O-]. The molecule has 0 spiro atoms. The highest BCUT2D eigenvalue weighted by atomic mass is 32.2. The van der Waals surface area contributed by atoms with Gasteiger partial charge in [0, 0.05) is 36.0 Å². The summed E-state index contributed by atoms with van der Waals surface area (Å²) in [6, 6.07) is 9.78. The number of benzene rings is 2. The highest BCUT2D eigenvalue weighted by molar-refractivity contribution is 7.92. The van der Waals surface area contributed by atoms with Crippen LogP contribution in [0.2, 0.25) is 0 Å². The minimum absolute atomic E-state index is 0.0534. The van der Waals surface area contributed by atoms with E-state index in [0.717, 1.165) is 6.07 Å². The molecule has 1 saturated heterocycles. The Labute approximate surface area is 174 Å². The summed E-state index contributed by atoms with van der Waals surface area (Å²) >= 11 is 0. The van der Waals surface area contributed by atoms with E-state index in [2.05, 4.69) is 4.72 Å². The molecule has 1 heterocycles. The maximum atomic E-state index is 12.7. The van der Waals surface area contributed by atoms with Crippen molar-refractivity contribution >= 4 is 27.3 Å². The number of aryl methyl sites for hydroxylation is 1. The van der Waals surface area contributed by atoms with Crippen LogP contribution in [0.25, 0.3) is 0 Å². The number of nitro groups is 1. The molecule has 1 aliphatic rings. The number of anilines is 1. The Morgan fingerprint density at radius 3 is 2.30 bits per heavy atom. The van der Waals surface area contributed by atoms with Gasteiger partial charge in [0.2, 0.25) is 0 Å². The van der Waals surface area contributed by atoms with E-state index in [1.54, 1.807) is 17.0 Å². The predicted octanol–water partition coefficient (Wildman–Crippen LogP) is 2.95. The largest absolute Gasteiger partial charge is 0.372 e. The van der Waals surface area contributed by atoms with Crippen LogP contribution in [0, 0.1) is 17.0 Å². The number of carbonyl (C=O) groups is 1. The molecule has 1 amide bonds. The Balaban J connectivity index is 1.76. The lowest BCUT2D eigenvalue weighted by atomic mass is 10.1. The zero-order chi connectivity index (χ0) is 22.1. The third-order valence-corrected chi connectivity index (χ3v) is 6.16. The van der Waals surface area contributed by atoms with Crippen molar-refractivity contribution in [3.05, 3.63) is 63.7 Å². The maximum absolute atomic E-state index is 12.7. The molecule has 1 aliphatic heterocycles. The van der Waals surface area contributed by atoms with Crippen LogP contribution in [0.1, 0.15) is 29.8 Å². The third kappa shape index (κ3) is 4.77. The number of nitrogens with one attached hydrogen (secondary N) is 1. The predicted molar refractivity (Wildman–Crippen MR) is 111 cm³/mol. The molecule has 1 fully saturated rings. The smallest absolute Gasteiger partial charge is 0.273 e. The number of sulfonamides is 1. The van der Waals surface area contributed by atoms with Crippen molar-refractivity contribution in [1.29, 1.82) is 0 Å². The van der Waals surface area contributed by atoms with Gasteiger partial charge in [0.25, 0.3) is 21.6 Å². The number of hydrogen-bond donors (Lipinski definition) is 1. The molecule has 0 aromatic heterocycles. The average molecular weight is 433 g/mol. The molecule has 2 unspecified atom stereocenters. The van der Waals surface area contributed by atoms with Gasteiger partial charge < -0.3 is 9.64 Å². The van der Waals surface area contributed by atoms with E-state index in [9.17, 15) is 23.3 Å². The van der Waals surface area contributed by atoms with Gasteiger partial charge in [0.05, 0.1) is 22.0 Å². The molecule has 3 rings (SSSR count). The van der Waals surface area contributed by atoms with Gasteiger partial charge in [-0.25, -0.2) is 8.42 Å². The summed E-state index contributed by atoms with van der Waals surface area (Å²) in [5, 5.41) is 11.1. The first-order chi connectivity index (χ1) is 14.1. The molecule has 2 aromatic carbocycles. The van der Waals surface area contributed by atoms with Gasteiger partial charge >= 0.3 is 0 Å². The van der Waals surface area contributed by atoms with Crippen LogP contribution >= 0.6 is 0 Å². The molecule has 160 valence electrons. The van der Waals surface area contributed by atoms with Crippen LogP contribution in [0.5, 0.6) is 0 Å². The number of nitro benzene ring substituents is 1. The van der Waals surface area contributed by atoms with Crippen LogP contribution in [0.3, 0.4) is 0 Å². The van der Waals surface area contributed by atoms with E-state index in [1.165, 1.54) is 31.2 Å². The number of morpholine rings is 1. The second-order valence-corrected chi connectivity index (χ2v) is 9.04. The van der Waals surface area contributed by atoms with E-state index in [1.807, 2.05) is 13.8 Å². The minimum Gasteiger partial charge on any atom is -0.372 e. The normalized spacial score (nSPS) is 19.4. The van der Waals surface area contributed by atoms with Crippen molar-refractivity contribution < 1.29 is 22.9 Å². The zero-order valence-electron chi connectivity index (χ0n) is 16.9. The summed E-state index contributed by atoms with van der Waals surface area (Å²) < 4.78 is 33.2. The summed E-state index contributed by atoms with van der Waals surface area (Å²) in [4.78, 5) is 24.7. The van der Waals surface area contributed by atoms with Gasteiger partial charge in [-0.1, -0.05) is 6.07 Å². The summed E-state index contributed by atoms with van der Waals surface area (Å²) in [5.41, 5.74) is 0.782. The first-order valence-corrected chi connectivity index (χ1v) is 10.9. The van der Waals surface area contributed by atoms with Crippen LogP contribution in [-0.2, 0) is 14.8 Å². The Kier molecular flexibility index (Phi) is 6.09. The molecule has 0 radical (unpaired) electrons. The monoisotopic (exact) mass is 433 g/mol. The average Bonchev–Trinajstić information content (AvgIpc) is 2.67. The fraction of sp³-hybridized carbons (Fsp3) is 0.350. The Bertz CT molecular complexity index is 1060. The second kappa shape index (κ2) is 8.41. The highest BCUT2D eigenvalue weighted by Crippen LogP contribution is 2.24. The first-order valence-electron chi connectivity index (χ1n) is 9.39. The van der Waals surface area contributed by atoms with Crippen molar-refractivity contribution in [2.45, 2.75) is 37.9 Å². The molecule has 1 N–H and O–H groups in total. The van der Waals surface area contributed by atoms with Crippen molar-refractivity contribution in [3.8, 4) is 0 Å². The number of ether oxygens (including phenoxy) is 1. The highest BCUT2D eigenvalue weighted by Gasteiger charge is 2.26. The third-order valence-electron chi connectivity index (χ3n) is 4.78. The van der Waals surface area contributed by atoms with E-state index in [0.29, 0.717) is 24.2 Å². The summed E-state index contributed by atoms with van der Waals surface area (Å²) in [7, 11) is -4.02. The molecule has 30 heavy (non-hydrogen) atoms. The topological polar surface area (TPSA) is 119 Å². The van der Waals surface area contributed by atoms with E-state index < -0.39 is 14.9 Å². The number of carbonyl (C=O) groups excluding carboxylic acids is 1. The van der Waals surface area contributed by atoms with Gasteiger partial charge in [0.1, 0.15) is 0 Å². The van der Waals surface area contributed by atoms with Crippen LogP contribution in [0.15, 0.2) is 47.4 Å². The Hall–Kier alpha value is -2.98. The van der Waals surface area contributed by atoms with Crippen molar-refractivity contribution in [2.75, 3.05) is 17.8 Å². The van der Waals surface area contributed by atoms with Gasteiger partial charge in [-0.05, 0) is 51.1 Å². The fourth-order valence-corrected chi connectivity index (χ4v) is 4.45. The second-order valence-electron chi connectivity index (χ2n) is 7.36. The molecular formula is C20H23N3O6S. The lowest BCUT2D eigenvalue weighted by Gasteiger charge is -2.35. The van der Waals surface area contributed by atoms with E-state index in [-0.39, 0.29) is 34.4 Å². The van der Waals surface area contributed by atoms with Crippen molar-refractivity contribution in [3.63, 3.8) is 0 Å². The number of nitrogens with zero attached hydrogens (tertiary/aromatic N) is 2. The Morgan fingerprint density at radius 2 is 1.73 bits per heavy atom.